The van der Waals surface area contributed by atoms with E-state index in [4.69, 9.17) is 11.6 Å². The van der Waals surface area contributed by atoms with Gasteiger partial charge < -0.3 is 10.2 Å². The second kappa shape index (κ2) is 12.3. The van der Waals surface area contributed by atoms with Crippen LogP contribution in [0.3, 0.4) is 0 Å². The quantitative estimate of drug-likeness (QED) is 0.526. The van der Waals surface area contributed by atoms with Gasteiger partial charge in [0.2, 0.25) is 11.8 Å². The van der Waals surface area contributed by atoms with E-state index in [2.05, 4.69) is 12.2 Å². The molecule has 0 saturated heterocycles. The lowest BCUT2D eigenvalue weighted by atomic mass is 10.0. The van der Waals surface area contributed by atoms with Crippen molar-refractivity contribution in [1.29, 1.82) is 0 Å². The maximum absolute atomic E-state index is 13.1. The first-order valence-corrected chi connectivity index (χ1v) is 10.8. The minimum Gasteiger partial charge on any atom is -0.354 e. The number of amides is 2. The molecule has 156 valence electrons. The minimum atomic E-state index is -0.563. The molecule has 0 radical (unpaired) electrons. The summed E-state index contributed by atoms with van der Waals surface area (Å²) in [7, 11) is 0. The molecule has 5 heteroatoms. The highest BCUT2D eigenvalue weighted by molar-refractivity contribution is 6.30. The zero-order valence-electron chi connectivity index (χ0n) is 17.4. The van der Waals surface area contributed by atoms with Crippen molar-refractivity contribution in [2.75, 3.05) is 6.54 Å². The Labute approximate surface area is 179 Å². The first kappa shape index (κ1) is 23.0. The Morgan fingerprint density at radius 1 is 1.00 bits per heavy atom. The predicted molar refractivity (Wildman–Crippen MR) is 119 cm³/mol. The zero-order valence-corrected chi connectivity index (χ0v) is 18.1. The fraction of sp³-hybridized carbons (Fsp3) is 0.417. The number of unbranched alkanes of at least 4 members (excludes halogenated alkanes) is 1. The number of carbonyl (C=O) groups is 2. The summed E-state index contributed by atoms with van der Waals surface area (Å²) in [6.07, 6.45) is 3.55. The molecule has 0 saturated carbocycles. The van der Waals surface area contributed by atoms with Crippen molar-refractivity contribution in [3.63, 3.8) is 0 Å². The van der Waals surface area contributed by atoms with Gasteiger partial charge in [0.05, 0.1) is 0 Å². The third-order valence-electron chi connectivity index (χ3n) is 4.81. The van der Waals surface area contributed by atoms with Crippen LogP contribution >= 0.6 is 11.6 Å². The SMILES string of the molecule is CCCCNC(=O)[C@H](Cc1ccccc1)N(Cc1cccc(Cl)c1)C(=O)CCC. The van der Waals surface area contributed by atoms with Gasteiger partial charge in [-0.2, -0.15) is 0 Å². The Morgan fingerprint density at radius 2 is 1.72 bits per heavy atom. The molecule has 2 aromatic rings. The van der Waals surface area contributed by atoms with Crippen LogP contribution in [0.2, 0.25) is 5.02 Å². The molecule has 0 heterocycles. The van der Waals surface area contributed by atoms with E-state index in [1.807, 2.05) is 61.5 Å². The lowest BCUT2D eigenvalue weighted by Gasteiger charge is -2.31. The van der Waals surface area contributed by atoms with Gasteiger partial charge >= 0.3 is 0 Å². The van der Waals surface area contributed by atoms with Gasteiger partial charge in [-0.3, -0.25) is 9.59 Å². The Hall–Kier alpha value is -2.33. The van der Waals surface area contributed by atoms with Gasteiger partial charge in [-0.15, -0.1) is 0 Å². The maximum Gasteiger partial charge on any atom is 0.243 e. The third-order valence-corrected chi connectivity index (χ3v) is 5.04. The Kier molecular flexibility index (Phi) is 9.72. The van der Waals surface area contributed by atoms with E-state index >= 15 is 0 Å². The Balaban J connectivity index is 2.32. The number of hydrogen-bond donors (Lipinski definition) is 1. The summed E-state index contributed by atoms with van der Waals surface area (Å²) in [6.45, 7) is 5.04. The monoisotopic (exact) mass is 414 g/mol. The fourth-order valence-corrected chi connectivity index (χ4v) is 3.46. The number of carbonyl (C=O) groups excluding carboxylic acids is 2. The molecule has 0 aliphatic carbocycles. The average molecular weight is 415 g/mol. The summed E-state index contributed by atoms with van der Waals surface area (Å²) in [4.78, 5) is 27.8. The molecular weight excluding hydrogens is 384 g/mol. The molecule has 2 aromatic carbocycles. The predicted octanol–water partition coefficient (Wildman–Crippen LogP) is 5.00. The van der Waals surface area contributed by atoms with Crippen LogP contribution in [0.1, 0.15) is 50.7 Å². The number of rotatable bonds is 11. The van der Waals surface area contributed by atoms with Crippen molar-refractivity contribution in [2.45, 2.75) is 58.5 Å². The van der Waals surface area contributed by atoms with Gasteiger partial charge in [0.25, 0.3) is 0 Å². The lowest BCUT2D eigenvalue weighted by molar-refractivity contribution is -0.141. The van der Waals surface area contributed by atoms with Crippen LogP contribution in [0, 0.1) is 0 Å². The van der Waals surface area contributed by atoms with Crippen LogP contribution in [-0.4, -0.2) is 29.3 Å². The van der Waals surface area contributed by atoms with E-state index < -0.39 is 6.04 Å². The van der Waals surface area contributed by atoms with Crippen LogP contribution in [0.15, 0.2) is 54.6 Å². The van der Waals surface area contributed by atoms with Gasteiger partial charge in [0.1, 0.15) is 6.04 Å². The second-order valence-corrected chi connectivity index (χ2v) is 7.69. The van der Waals surface area contributed by atoms with Gasteiger partial charge in [0, 0.05) is 31.0 Å². The van der Waals surface area contributed by atoms with Crippen molar-refractivity contribution in [2.24, 2.45) is 0 Å². The maximum atomic E-state index is 13.1. The highest BCUT2D eigenvalue weighted by atomic mass is 35.5. The molecule has 0 aromatic heterocycles. The highest BCUT2D eigenvalue weighted by Gasteiger charge is 2.29. The summed E-state index contributed by atoms with van der Waals surface area (Å²) in [6, 6.07) is 16.7. The van der Waals surface area contributed by atoms with E-state index in [1.165, 1.54) is 0 Å². The Bertz CT molecular complexity index is 779. The molecule has 0 aliphatic rings. The number of halogens is 1. The first-order valence-electron chi connectivity index (χ1n) is 10.4. The number of hydrogen-bond acceptors (Lipinski definition) is 2. The molecule has 1 atom stereocenters. The molecule has 0 bridgehead atoms. The van der Waals surface area contributed by atoms with Crippen molar-refractivity contribution >= 4 is 23.4 Å². The molecule has 0 fully saturated rings. The molecule has 29 heavy (non-hydrogen) atoms. The third kappa shape index (κ3) is 7.54. The van der Waals surface area contributed by atoms with Gasteiger partial charge in [-0.1, -0.05) is 74.3 Å². The largest absolute Gasteiger partial charge is 0.354 e. The molecular formula is C24H31ClN2O2. The van der Waals surface area contributed by atoms with Crippen LogP contribution < -0.4 is 5.32 Å². The summed E-state index contributed by atoms with van der Waals surface area (Å²) < 4.78 is 0. The zero-order chi connectivity index (χ0) is 21.1. The minimum absolute atomic E-state index is 0.0148. The Morgan fingerprint density at radius 3 is 2.38 bits per heavy atom. The first-order chi connectivity index (χ1) is 14.0. The summed E-state index contributed by atoms with van der Waals surface area (Å²) in [5, 5.41) is 3.64. The normalized spacial score (nSPS) is 11.7. The molecule has 2 rings (SSSR count). The molecule has 1 N–H and O–H groups in total. The number of nitrogens with one attached hydrogen (secondary N) is 1. The van der Waals surface area contributed by atoms with Crippen LogP contribution in [0.4, 0.5) is 0 Å². The van der Waals surface area contributed by atoms with Gasteiger partial charge in [-0.25, -0.2) is 0 Å². The summed E-state index contributed by atoms with van der Waals surface area (Å²) in [5.74, 6) is -0.118. The lowest BCUT2D eigenvalue weighted by Crippen LogP contribution is -2.50. The second-order valence-electron chi connectivity index (χ2n) is 7.25. The number of benzene rings is 2. The molecule has 4 nitrogen and oxygen atoms in total. The standard InChI is InChI=1S/C24H31ClN2O2/c1-3-5-15-26-24(29)22(17-19-11-7-6-8-12-19)27(23(28)10-4-2)18-20-13-9-14-21(25)16-20/h6-9,11-14,16,22H,3-5,10,15,17-18H2,1-2H3,(H,26,29)/t22-/m0/s1. The van der Waals surface area contributed by atoms with Crippen molar-refractivity contribution in [1.82, 2.24) is 10.2 Å². The molecule has 2 amide bonds. The van der Waals surface area contributed by atoms with Crippen molar-refractivity contribution in [3.8, 4) is 0 Å². The topological polar surface area (TPSA) is 49.4 Å². The van der Waals surface area contributed by atoms with Gasteiger partial charge in [-0.05, 0) is 36.1 Å². The van der Waals surface area contributed by atoms with E-state index in [0.717, 1.165) is 30.4 Å². The van der Waals surface area contributed by atoms with Crippen LogP contribution in [-0.2, 0) is 22.6 Å². The van der Waals surface area contributed by atoms with Crippen molar-refractivity contribution < 1.29 is 9.59 Å². The molecule has 0 spiro atoms. The smallest absolute Gasteiger partial charge is 0.243 e. The van der Waals surface area contributed by atoms with Gasteiger partial charge in [0.15, 0.2) is 0 Å². The highest BCUT2D eigenvalue weighted by Crippen LogP contribution is 2.18. The summed E-state index contributed by atoms with van der Waals surface area (Å²) in [5.41, 5.74) is 1.95. The van der Waals surface area contributed by atoms with E-state index in [1.54, 1.807) is 4.90 Å². The van der Waals surface area contributed by atoms with Crippen LogP contribution in [0.5, 0.6) is 0 Å². The molecule has 0 aliphatic heterocycles. The number of nitrogens with zero attached hydrogens (tertiary/aromatic N) is 1. The van der Waals surface area contributed by atoms with E-state index in [0.29, 0.717) is 31.0 Å². The van der Waals surface area contributed by atoms with E-state index in [9.17, 15) is 9.59 Å². The summed E-state index contributed by atoms with van der Waals surface area (Å²) >= 11 is 6.14. The van der Waals surface area contributed by atoms with Crippen molar-refractivity contribution in [3.05, 3.63) is 70.7 Å². The van der Waals surface area contributed by atoms with E-state index in [-0.39, 0.29) is 11.8 Å². The molecule has 0 unspecified atom stereocenters. The fourth-order valence-electron chi connectivity index (χ4n) is 3.25. The average Bonchev–Trinajstić information content (AvgIpc) is 2.71. The van der Waals surface area contributed by atoms with Crippen LogP contribution in [0.25, 0.3) is 0 Å².